The van der Waals surface area contributed by atoms with E-state index in [4.69, 9.17) is 15.2 Å². The Kier molecular flexibility index (Phi) is 5.20. The van der Waals surface area contributed by atoms with Crippen LogP contribution in [0.15, 0.2) is 6.33 Å². The monoisotopic (exact) mass is 266 g/mol. The fourth-order valence-corrected chi connectivity index (χ4v) is 2.19. The maximum Gasteiger partial charge on any atom is 0.244 e. The number of nitrogen functional groups attached to an aromatic ring is 1. The van der Waals surface area contributed by atoms with E-state index in [1.807, 2.05) is 6.92 Å². The van der Waals surface area contributed by atoms with Crippen molar-refractivity contribution in [2.75, 3.05) is 38.6 Å². The summed E-state index contributed by atoms with van der Waals surface area (Å²) >= 11 is 0. The lowest BCUT2D eigenvalue weighted by Gasteiger charge is -2.26. The van der Waals surface area contributed by atoms with E-state index in [1.54, 1.807) is 0 Å². The fraction of sp³-hybridized carbons (Fsp3) is 0.692. The molecule has 0 radical (unpaired) electrons. The van der Waals surface area contributed by atoms with Crippen LogP contribution in [0.2, 0.25) is 0 Å². The van der Waals surface area contributed by atoms with E-state index in [0.717, 1.165) is 19.6 Å². The van der Waals surface area contributed by atoms with Gasteiger partial charge in [0.05, 0.1) is 6.61 Å². The molecule has 1 aromatic heterocycles. The zero-order valence-corrected chi connectivity index (χ0v) is 11.5. The van der Waals surface area contributed by atoms with Gasteiger partial charge in [-0.3, -0.25) is 4.90 Å². The summed E-state index contributed by atoms with van der Waals surface area (Å²) in [5.74, 6) is 0.806. The third-order valence-corrected chi connectivity index (χ3v) is 3.19. The normalized spacial score (nSPS) is 16.3. The van der Waals surface area contributed by atoms with Crippen molar-refractivity contribution in [3.8, 4) is 11.8 Å². The van der Waals surface area contributed by atoms with Gasteiger partial charge in [0.1, 0.15) is 12.9 Å². The van der Waals surface area contributed by atoms with Crippen LogP contribution in [-0.2, 0) is 0 Å². The molecule has 2 heterocycles. The minimum Gasteiger partial charge on any atom is -0.476 e. The molecule has 1 aliphatic rings. The Bertz CT molecular complexity index is 394. The number of nitrogens with zero attached hydrogens (tertiary/aromatic N) is 3. The van der Waals surface area contributed by atoms with Gasteiger partial charge in [0.15, 0.2) is 5.69 Å². The molecular weight excluding hydrogens is 244 g/mol. The first-order valence-electron chi connectivity index (χ1n) is 6.89. The smallest absolute Gasteiger partial charge is 0.244 e. The Morgan fingerprint density at radius 3 is 2.53 bits per heavy atom. The molecule has 1 fully saturated rings. The summed E-state index contributed by atoms with van der Waals surface area (Å²) in [4.78, 5) is 10.4. The molecule has 0 unspecified atom stereocenters. The van der Waals surface area contributed by atoms with Crippen LogP contribution in [0.5, 0.6) is 11.8 Å². The number of piperidine rings is 1. The highest BCUT2D eigenvalue weighted by Gasteiger charge is 2.12. The van der Waals surface area contributed by atoms with Gasteiger partial charge < -0.3 is 15.2 Å². The van der Waals surface area contributed by atoms with Crippen LogP contribution < -0.4 is 15.2 Å². The Balaban J connectivity index is 1.83. The number of likely N-dealkylation sites (tertiary alicyclic amines) is 1. The fourth-order valence-electron chi connectivity index (χ4n) is 2.19. The van der Waals surface area contributed by atoms with Gasteiger partial charge in [0.2, 0.25) is 11.8 Å². The molecule has 1 saturated heterocycles. The van der Waals surface area contributed by atoms with Gasteiger partial charge in [-0.1, -0.05) is 6.42 Å². The molecule has 19 heavy (non-hydrogen) atoms. The number of anilines is 1. The van der Waals surface area contributed by atoms with Gasteiger partial charge in [-0.05, 0) is 32.9 Å². The molecule has 6 nitrogen and oxygen atoms in total. The van der Waals surface area contributed by atoms with Crippen molar-refractivity contribution in [2.45, 2.75) is 26.2 Å². The second kappa shape index (κ2) is 7.13. The summed E-state index contributed by atoms with van der Waals surface area (Å²) in [6, 6.07) is 0. The lowest BCUT2D eigenvalue weighted by atomic mass is 10.1. The second-order valence-electron chi connectivity index (χ2n) is 4.58. The summed E-state index contributed by atoms with van der Waals surface area (Å²) in [6.45, 7) is 6.23. The van der Waals surface area contributed by atoms with Gasteiger partial charge in [0, 0.05) is 6.54 Å². The van der Waals surface area contributed by atoms with Gasteiger partial charge in [0.25, 0.3) is 0 Å². The van der Waals surface area contributed by atoms with Gasteiger partial charge >= 0.3 is 0 Å². The van der Waals surface area contributed by atoms with Gasteiger partial charge in [-0.15, -0.1) is 0 Å². The molecule has 0 aromatic carbocycles. The van der Waals surface area contributed by atoms with E-state index in [1.165, 1.54) is 25.6 Å². The molecule has 0 amide bonds. The number of hydrogen-bond acceptors (Lipinski definition) is 6. The van der Waals surface area contributed by atoms with Crippen molar-refractivity contribution < 1.29 is 9.47 Å². The van der Waals surface area contributed by atoms with Crippen LogP contribution in [-0.4, -0.2) is 47.7 Å². The standard InChI is InChI=1S/C13H22N4O2/c1-2-18-12-11(14)13(16-10-15-12)19-9-8-17-6-4-3-5-7-17/h10H,2-9,14H2,1H3. The third kappa shape index (κ3) is 3.96. The summed E-state index contributed by atoms with van der Waals surface area (Å²) in [6.07, 6.45) is 5.32. The predicted octanol–water partition coefficient (Wildman–Crippen LogP) is 1.32. The van der Waals surface area contributed by atoms with E-state index in [2.05, 4.69) is 14.9 Å². The summed E-state index contributed by atoms with van der Waals surface area (Å²) in [5, 5.41) is 0. The molecule has 0 spiro atoms. The molecule has 6 heteroatoms. The largest absolute Gasteiger partial charge is 0.476 e. The molecule has 1 aromatic rings. The van der Waals surface area contributed by atoms with Crippen molar-refractivity contribution in [3.05, 3.63) is 6.33 Å². The van der Waals surface area contributed by atoms with E-state index < -0.39 is 0 Å². The molecule has 0 atom stereocenters. The first-order chi connectivity index (χ1) is 9.31. The van der Waals surface area contributed by atoms with Crippen molar-refractivity contribution in [1.82, 2.24) is 14.9 Å². The highest BCUT2D eigenvalue weighted by Crippen LogP contribution is 2.26. The van der Waals surface area contributed by atoms with Crippen LogP contribution in [0.4, 0.5) is 5.69 Å². The minimum absolute atomic E-state index is 0.378. The third-order valence-electron chi connectivity index (χ3n) is 3.19. The van der Waals surface area contributed by atoms with Gasteiger partial charge in [-0.25, -0.2) is 0 Å². The number of aromatic nitrogens is 2. The van der Waals surface area contributed by atoms with Crippen molar-refractivity contribution in [3.63, 3.8) is 0 Å². The Morgan fingerprint density at radius 2 is 1.84 bits per heavy atom. The van der Waals surface area contributed by atoms with Crippen molar-refractivity contribution in [2.24, 2.45) is 0 Å². The van der Waals surface area contributed by atoms with Crippen LogP contribution in [0.1, 0.15) is 26.2 Å². The number of nitrogens with two attached hydrogens (primary N) is 1. The molecule has 2 N–H and O–H groups in total. The Hall–Kier alpha value is -1.56. The molecular formula is C13H22N4O2. The zero-order chi connectivity index (χ0) is 13.5. The molecule has 0 aliphatic carbocycles. The highest BCUT2D eigenvalue weighted by atomic mass is 16.5. The highest BCUT2D eigenvalue weighted by molar-refractivity contribution is 5.55. The molecule has 1 aliphatic heterocycles. The number of ether oxygens (including phenoxy) is 2. The van der Waals surface area contributed by atoms with Crippen molar-refractivity contribution >= 4 is 5.69 Å². The number of hydrogen-bond donors (Lipinski definition) is 1. The van der Waals surface area contributed by atoms with E-state index in [-0.39, 0.29) is 0 Å². The van der Waals surface area contributed by atoms with E-state index in [0.29, 0.717) is 30.7 Å². The summed E-state index contributed by atoms with van der Waals surface area (Å²) < 4.78 is 10.9. The van der Waals surface area contributed by atoms with Crippen LogP contribution in [0, 0.1) is 0 Å². The molecule has 106 valence electrons. The zero-order valence-electron chi connectivity index (χ0n) is 11.5. The molecule has 0 bridgehead atoms. The molecule has 0 saturated carbocycles. The average Bonchev–Trinajstić information content (AvgIpc) is 2.44. The van der Waals surface area contributed by atoms with Crippen LogP contribution in [0.25, 0.3) is 0 Å². The lowest BCUT2D eigenvalue weighted by molar-refractivity contribution is 0.180. The topological polar surface area (TPSA) is 73.5 Å². The first-order valence-corrected chi connectivity index (χ1v) is 6.89. The summed E-state index contributed by atoms with van der Waals surface area (Å²) in [5.41, 5.74) is 6.28. The maximum absolute atomic E-state index is 5.90. The minimum atomic E-state index is 0.378. The summed E-state index contributed by atoms with van der Waals surface area (Å²) in [7, 11) is 0. The maximum atomic E-state index is 5.90. The van der Waals surface area contributed by atoms with Crippen LogP contribution in [0.3, 0.4) is 0 Å². The second-order valence-corrected chi connectivity index (χ2v) is 4.58. The van der Waals surface area contributed by atoms with E-state index >= 15 is 0 Å². The Morgan fingerprint density at radius 1 is 1.16 bits per heavy atom. The molecule has 2 rings (SSSR count). The van der Waals surface area contributed by atoms with Crippen molar-refractivity contribution in [1.29, 1.82) is 0 Å². The Labute approximate surface area is 113 Å². The van der Waals surface area contributed by atoms with Crippen LogP contribution >= 0.6 is 0 Å². The predicted molar refractivity (Wildman–Crippen MR) is 73.4 cm³/mol. The van der Waals surface area contributed by atoms with Gasteiger partial charge in [-0.2, -0.15) is 9.97 Å². The quantitative estimate of drug-likeness (QED) is 0.837. The van der Waals surface area contributed by atoms with E-state index in [9.17, 15) is 0 Å². The number of rotatable bonds is 6. The average molecular weight is 266 g/mol. The first kappa shape index (κ1) is 13.9. The lowest BCUT2D eigenvalue weighted by Crippen LogP contribution is -2.33. The SMILES string of the molecule is CCOc1ncnc(OCCN2CCCCC2)c1N.